The maximum absolute atomic E-state index is 12.6. The van der Waals surface area contributed by atoms with E-state index in [1.54, 1.807) is 10.9 Å². The Morgan fingerprint density at radius 3 is 2.52 bits per heavy atom. The van der Waals surface area contributed by atoms with Crippen LogP contribution in [0, 0.1) is 13.8 Å². The molecule has 2 heterocycles. The van der Waals surface area contributed by atoms with E-state index >= 15 is 0 Å². The largest absolute Gasteiger partial charge is 0.435 e. The van der Waals surface area contributed by atoms with Crippen LogP contribution in [0.5, 0.6) is 0 Å². The third-order valence-electron chi connectivity index (χ3n) is 3.55. The molecule has 0 aliphatic rings. The summed E-state index contributed by atoms with van der Waals surface area (Å²) in [5.74, 6) is -0.409. The van der Waals surface area contributed by atoms with E-state index in [1.807, 2.05) is 13.8 Å². The van der Waals surface area contributed by atoms with Gasteiger partial charge in [-0.3, -0.25) is 14.2 Å². The molecule has 0 saturated carbocycles. The van der Waals surface area contributed by atoms with E-state index in [0.29, 0.717) is 0 Å². The van der Waals surface area contributed by atoms with Gasteiger partial charge in [-0.25, -0.2) is 0 Å². The van der Waals surface area contributed by atoms with Crippen LogP contribution in [-0.2, 0) is 30.6 Å². The minimum absolute atomic E-state index is 0.261. The zero-order valence-electron chi connectivity index (χ0n) is 13.1. The van der Waals surface area contributed by atoms with E-state index in [1.165, 1.54) is 6.92 Å². The number of alkyl halides is 3. The second kappa shape index (κ2) is 6.43. The number of carbonyl (C=O) groups is 1. The number of aryl methyl sites for hydroxylation is 2. The molecule has 0 fully saturated rings. The molecule has 0 spiro atoms. The van der Waals surface area contributed by atoms with Crippen LogP contribution >= 0.6 is 0 Å². The topological polar surface area (TPSA) is 64.7 Å². The molecule has 0 atom stereocenters. The van der Waals surface area contributed by atoms with Gasteiger partial charge in [-0.2, -0.15) is 23.4 Å². The Bertz CT molecular complexity index is 702. The van der Waals surface area contributed by atoms with Crippen molar-refractivity contribution in [1.82, 2.24) is 24.9 Å². The Labute approximate surface area is 131 Å². The highest BCUT2D eigenvalue weighted by molar-refractivity contribution is 5.75. The van der Waals surface area contributed by atoms with Gasteiger partial charge in [0.15, 0.2) is 5.69 Å². The molecule has 2 rings (SSSR count). The first-order valence-corrected chi connectivity index (χ1v) is 7.12. The smallest absolute Gasteiger partial charge is 0.350 e. The van der Waals surface area contributed by atoms with Crippen molar-refractivity contribution in [3.05, 3.63) is 34.9 Å². The molecule has 0 unspecified atom stereocenters. The lowest BCUT2D eigenvalue weighted by molar-refractivity contribution is -0.141. The molecular formula is C14H18F3N5O. The summed E-state index contributed by atoms with van der Waals surface area (Å²) >= 11 is 0. The minimum Gasteiger partial charge on any atom is -0.350 e. The molecule has 23 heavy (non-hydrogen) atoms. The number of nitrogens with one attached hydrogen (secondary N) is 1. The number of nitrogens with zero attached hydrogens (tertiary/aromatic N) is 4. The van der Waals surface area contributed by atoms with Gasteiger partial charge >= 0.3 is 6.18 Å². The second-order valence-electron chi connectivity index (χ2n) is 5.17. The number of amides is 1. The molecule has 2 aromatic heterocycles. The maximum atomic E-state index is 12.6. The van der Waals surface area contributed by atoms with Crippen LogP contribution in [0.2, 0.25) is 0 Å². The van der Waals surface area contributed by atoms with E-state index in [9.17, 15) is 18.0 Å². The Kier molecular flexibility index (Phi) is 4.76. The summed E-state index contributed by atoms with van der Waals surface area (Å²) in [7, 11) is 0. The van der Waals surface area contributed by atoms with Crippen molar-refractivity contribution in [2.45, 2.75) is 46.6 Å². The van der Waals surface area contributed by atoms with Crippen molar-refractivity contribution >= 4 is 5.91 Å². The van der Waals surface area contributed by atoms with Gasteiger partial charge in [-0.05, 0) is 26.8 Å². The Hall–Kier alpha value is -2.32. The van der Waals surface area contributed by atoms with E-state index in [2.05, 4.69) is 15.5 Å². The summed E-state index contributed by atoms with van der Waals surface area (Å²) in [6.07, 6.45) is -2.85. The molecule has 0 aliphatic carbocycles. The first-order valence-electron chi connectivity index (χ1n) is 7.12. The molecule has 0 saturated heterocycles. The molecule has 0 bridgehead atoms. The van der Waals surface area contributed by atoms with Gasteiger partial charge < -0.3 is 5.32 Å². The van der Waals surface area contributed by atoms with Crippen LogP contribution in [0.1, 0.15) is 29.6 Å². The van der Waals surface area contributed by atoms with Gasteiger partial charge in [0.25, 0.3) is 0 Å². The average Bonchev–Trinajstić information content (AvgIpc) is 3.00. The molecule has 0 aliphatic heterocycles. The number of halogens is 3. The quantitative estimate of drug-likeness (QED) is 0.913. The fraction of sp³-hybridized carbons (Fsp3) is 0.500. The molecule has 9 heteroatoms. The van der Waals surface area contributed by atoms with E-state index < -0.39 is 17.8 Å². The zero-order chi connectivity index (χ0) is 17.2. The SMILES string of the molecule is CCn1ncc(CNC(=O)Cn2nc(C(F)(F)F)cc2C)c1C. The average molecular weight is 329 g/mol. The number of aromatic nitrogens is 4. The third kappa shape index (κ3) is 3.91. The van der Waals surface area contributed by atoms with Crippen LogP contribution in [0.25, 0.3) is 0 Å². The van der Waals surface area contributed by atoms with E-state index in [-0.39, 0.29) is 18.8 Å². The Balaban J connectivity index is 1.97. The van der Waals surface area contributed by atoms with Crippen molar-refractivity contribution in [3.63, 3.8) is 0 Å². The molecule has 126 valence electrons. The fourth-order valence-corrected chi connectivity index (χ4v) is 2.17. The molecule has 1 N–H and O–H groups in total. The number of carbonyl (C=O) groups excluding carboxylic acids is 1. The van der Waals surface area contributed by atoms with Crippen LogP contribution < -0.4 is 5.32 Å². The highest BCUT2D eigenvalue weighted by Crippen LogP contribution is 2.28. The van der Waals surface area contributed by atoms with Crippen molar-refractivity contribution in [2.75, 3.05) is 0 Å². The summed E-state index contributed by atoms with van der Waals surface area (Å²) in [6.45, 7) is 6.07. The molecular weight excluding hydrogens is 311 g/mol. The van der Waals surface area contributed by atoms with Crippen LogP contribution in [0.4, 0.5) is 13.2 Å². The third-order valence-corrected chi connectivity index (χ3v) is 3.55. The minimum atomic E-state index is -4.52. The van der Waals surface area contributed by atoms with Crippen molar-refractivity contribution in [2.24, 2.45) is 0 Å². The van der Waals surface area contributed by atoms with Gasteiger partial charge in [-0.15, -0.1) is 0 Å². The van der Waals surface area contributed by atoms with Gasteiger partial charge in [0.1, 0.15) is 6.54 Å². The second-order valence-corrected chi connectivity index (χ2v) is 5.17. The predicted octanol–water partition coefficient (Wildman–Crippen LogP) is 2.05. The summed E-state index contributed by atoms with van der Waals surface area (Å²) in [4.78, 5) is 11.9. The number of rotatable bonds is 5. The Morgan fingerprint density at radius 2 is 2.00 bits per heavy atom. The summed E-state index contributed by atoms with van der Waals surface area (Å²) in [5, 5.41) is 10.3. The highest BCUT2D eigenvalue weighted by Gasteiger charge is 2.34. The lowest BCUT2D eigenvalue weighted by Gasteiger charge is -2.07. The molecule has 6 nitrogen and oxygen atoms in total. The maximum Gasteiger partial charge on any atom is 0.435 e. The van der Waals surface area contributed by atoms with Gasteiger partial charge in [-0.1, -0.05) is 0 Å². The van der Waals surface area contributed by atoms with Gasteiger partial charge in [0.05, 0.1) is 6.20 Å². The van der Waals surface area contributed by atoms with Crippen LogP contribution in [0.3, 0.4) is 0 Å². The highest BCUT2D eigenvalue weighted by atomic mass is 19.4. The van der Waals surface area contributed by atoms with Gasteiger partial charge in [0, 0.05) is 30.0 Å². The summed E-state index contributed by atoms with van der Waals surface area (Å²) < 4.78 is 40.6. The number of hydrogen-bond acceptors (Lipinski definition) is 3. The van der Waals surface area contributed by atoms with E-state index in [4.69, 9.17) is 0 Å². The fourth-order valence-electron chi connectivity index (χ4n) is 2.17. The van der Waals surface area contributed by atoms with Crippen LogP contribution in [0.15, 0.2) is 12.3 Å². The van der Waals surface area contributed by atoms with Gasteiger partial charge in [0.2, 0.25) is 5.91 Å². The van der Waals surface area contributed by atoms with Crippen molar-refractivity contribution in [3.8, 4) is 0 Å². The lowest BCUT2D eigenvalue weighted by Crippen LogP contribution is -2.28. The first kappa shape index (κ1) is 17.0. The van der Waals surface area contributed by atoms with E-state index in [0.717, 1.165) is 28.6 Å². The zero-order valence-corrected chi connectivity index (χ0v) is 13.1. The lowest BCUT2D eigenvalue weighted by atomic mass is 10.2. The van der Waals surface area contributed by atoms with Crippen molar-refractivity contribution < 1.29 is 18.0 Å². The number of hydrogen-bond donors (Lipinski definition) is 1. The summed E-state index contributed by atoms with van der Waals surface area (Å²) in [6, 6.07) is 0.919. The standard InChI is InChI=1S/C14H18F3N5O/c1-4-21-10(3)11(7-19-21)6-18-13(23)8-22-9(2)5-12(20-22)14(15,16)17/h5,7H,4,6,8H2,1-3H3,(H,18,23). The molecule has 0 aromatic carbocycles. The first-order chi connectivity index (χ1) is 10.7. The predicted molar refractivity (Wildman–Crippen MR) is 76.5 cm³/mol. The molecule has 1 amide bonds. The van der Waals surface area contributed by atoms with Crippen LogP contribution in [-0.4, -0.2) is 25.5 Å². The van der Waals surface area contributed by atoms with Crippen molar-refractivity contribution in [1.29, 1.82) is 0 Å². The normalized spacial score (nSPS) is 11.7. The molecule has 2 aromatic rings. The molecule has 0 radical (unpaired) electrons. The Morgan fingerprint density at radius 1 is 1.30 bits per heavy atom. The summed E-state index contributed by atoms with van der Waals surface area (Å²) in [5.41, 5.74) is 1.10. The monoisotopic (exact) mass is 329 g/mol.